The molecule has 2 aliphatic rings. The molecular formula is C34H45FN6O7. The van der Waals surface area contributed by atoms with Gasteiger partial charge in [0, 0.05) is 46.2 Å². The fourth-order valence-corrected chi connectivity index (χ4v) is 5.90. The Kier molecular flexibility index (Phi) is 12.3. The highest BCUT2D eigenvalue weighted by Gasteiger charge is 2.38. The molecule has 2 aliphatic heterocycles. The third kappa shape index (κ3) is 9.43. The molecule has 1 fully saturated rings. The summed E-state index contributed by atoms with van der Waals surface area (Å²) in [6, 6.07) is 8.79. The van der Waals surface area contributed by atoms with Crippen molar-refractivity contribution in [3.63, 3.8) is 0 Å². The number of halogens is 1. The number of hydrogen-bond acceptors (Lipinski definition) is 8. The van der Waals surface area contributed by atoms with E-state index in [4.69, 9.17) is 9.47 Å². The highest BCUT2D eigenvalue weighted by Crippen LogP contribution is 2.26. The van der Waals surface area contributed by atoms with E-state index in [0.29, 0.717) is 25.3 Å². The van der Waals surface area contributed by atoms with Crippen LogP contribution in [0.4, 0.5) is 4.39 Å². The Labute approximate surface area is 280 Å². The second-order valence-electron chi connectivity index (χ2n) is 12.5. The van der Waals surface area contributed by atoms with E-state index in [9.17, 15) is 28.4 Å². The number of rotatable bonds is 8. The van der Waals surface area contributed by atoms with Crippen LogP contribution in [0.15, 0.2) is 42.5 Å². The molecule has 2 aromatic rings. The number of amides is 5. The van der Waals surface area contributed by atoms with Crippen LogP contribution in [0.5, 0.6) is 11.5 Å². The van der Waals surface area contributed by atoms with Crippen LogP contribution in [0.1, 0.15) is 35.2 Å². The molecule has 0 aromatic heterocycles. The predicted octanol–water partition coefficient (Wildman–Crippen LogP) is 0.912. The summed E-state index contributed by atoms with van der Waals surface area (Å²) in [5.74, 6) is -2.02. The van der Waals surface area contributed by atoms with Crippen molar-refractivity contribution in [3.8, 4) is 11.5 Å². The molecule has 2 heterocycles. The van der Waals surface area contributed by atoms with Crippen LogP contribution in [0.25, 0.3) is 0 Å². The van der Waals surface area contributed by atoms with Crippen LogP contribution in [0.2, 0.25) is 0 Å². The van der Waals surface area contributed by atoms with Gasteiger partial charge in [0.25, 0.3) is 5.91 Å². The molecule has 1 saturated heterocycles. The molecule has 0 aliphatic carbocycles. The van der Waals surface area contributed by atoms with Gasteiger partial charge in [-0.3, -0.25) is 24.0 Å². The maximum atomic E-state index is 14.5. The Balaban J connectivity index is 1.56. The summed E-state index contributed by atoms with van der Waals surface area (Å²) in [5.41, 5.74) is 0.673. The van der Waals surface area contributed by atoms with Crippen molar-refractivity contribution in [1.82, 2.24) is 30.2 Å². The summed E-state index contributed by atoms with van der Waals surface area (Å²) < 4.78 is 25.8. The van der Waals surface area contributed by atoms with E-state index < -0.39 is 35.8 Å². The molecule has 0 bridgehead atoms. The number of nitrogens with zero attached hydrogens (tertiary/aromatic N) is 4. The second kappa shape index (κ2) is 16.4. The standard InChI is InChI=1S/C34H45FN6O7/c1-38(2)14-13-36-33(45)28-10-12-31(43)39(3)20-32(44)41-19-24(37-30(42)16-22-7-6-8-26(15-22)47-5)18-25(41)21-48-29-11-9-23(35)17-27(29)34(46)40(28)4/h6-9,11,15,17,24-25,28H,10,12-14,16,18-21H2,1-5H3,(H,36,45)(H,37,42). The molecule has 0 radical (unpaired) electrons. The summed E-state index contributed by atoms with van der Waals surface area (Å²) in [5, 5.41) is 5.81. The lowest BCUT2D eigenvalue weighted by Gasteiger charge is -2.28. The van der Waals surface area contributed by atoms with Gasteiger partial charge in [-0.05, 0) is 62.8 Å². The number of likely N-dealkylation sites (N-methyl/N-ethyl adjacent to an activating group) is 3. The number of carbonyl (C=O) groups is 5. The maximum Gasteiger partial charge on any atom is 0.258 e. The number of carbonyl (C=O) groups excluding carboxylic acids is 5. The van der Waals surface area contributed by atoms with Gasteiger partial charge < -0.3 is 39.7 Å². The first kappa shape index (κ1) is 36.1. The summed E-state index contributed by atoms with van der Waals surface area (Å²) in [6.45, 7) is 0.782. The minimum absolute atomic E-state index is 0.0212. The van der Waals surface area contributed by atoms with Crippen LogP contribution in [0.3, 0.4) is 0 Å². The fourth-order valence-electron chi connectivity index (χ4n) is 5.90. The van der Waals surface area contributed by atoms with Gasteiger partial charge in [-0.1, -0.05) is 12.1 Å². The summed E-state index contributed by atoms with van der Waals surface area (Å²) in [6.07, 6.45) is 0.328. The normalized spacial score (nSPS) is 20.8. The Bertz CT molecular complexity index is 1500. The molecule has 14 heteroatoms. The monoisotopic (exact) mass is 668 g/mol. The third-order valence-electron chi connectivity index (χ3n) is 8.58. The Hall–Kier alpha value is -4.72. The molecule has 3 atom stereocenters. The van der Waals surface area contributed by atoms with Crippen molar-refractivity contribution in [2.75, 3.05) is 68.1 Å². The first-order valence-corrected chi connectivity index (χ1v) is 15.9. The van der Waals surface area contributed by atoms with Crippen molar-refractivity contribution in [1.29, 1.82) is 0 Å². The molecule has 0 spiro atoms. The molecule has 0 saturated carbocycles. The van der Waals surface area contributed by atoms with E-state index in [0.717, 1.165) is 11.6 Å². The Morgan fingerprint density at radius 1 is 1.08 bits per heavy atom. The van der Waals surface area contributed by atoms with Crippen molar-refractivity contribution < 1.29 is 37.8 Å². The highest BCUT2D eigenvalue weighted by atomic mass is 19.1. The van der Waals surface area contributed by atoms with E-state index in [1.807, 2.05) is 25.1 Å². The van der Waals surface area contributed by atoms with Crippen molar-refractivity contribution >= 4 is 29.5 Å². The topological polar surface area (TPSA) is 141 Å². The van der Waals surface area contributed by atoms with Gasteiger partial charge in [0.05, 0.1) is 31.7 Å². The zero-order valence-corrected chi connectivity index (χ0v) is 28.2. The van der Waals surface area contributed by atoms with Crippen LogP contribution < -0.4 is 20.1 Å². The number of nitrogens with one attached hydrogen (secondary N) is 2. The molecule has 2 N–H and O–H groups in total. The number of hydrogen-bond donors (Lipinski definition) is 2. The predicted molar refractivity (Wildman–Crippen MR) is 175 cm³/mol. The molecule has 48 heavy (non-hydrogen) atoms. The average molecular weight is 669 g/mol. The fraction of sp³-hybridized carbons (Fsp3) is 0.500. The lowest BCUT2D eigenvalue weighted by molar-refractivity contribution is -0.140. The number of benzene rings is 2. The summed E-state index contributed by atoms with van der Waals surface area (Å²) in [4.78, 5) is 72.8. The molecule has 260 valence electrons. The van der Waals surface area contributed by atoms with Crippen molar-refractivity contribution in [3.05, 3.63) is 59.4 Å². The zero-order valence-electron chi connectivity index (χ0n) is 28.2. The molecule has 3 unspecified atom stereocenters. The zero-order chi connectivity index (χ0) is 35.0. The quantitative estimate of drug-likeness (QED) is 0.423. The number of methoxy groups -OCH3 is 1. The van der Waals surface area contributed by atoms with Gasteiger partial charge in [-0.25, -0.2) is 4.39 Å². The van der Waals surface area contributed by atoms with Crippen LogP contribution in [0, 0.1) is 5.82 Å². The first-order valence-electron chi connectivity index (χ1n) is 15.9. The van der Waals surface area contributed by atoms with E-state index in [1.54, 1.807) is 30.2 Å². The van der Waals surface area contributed by atoms with Crippen LogP contribution in [-0.2, 0) is 25.6 Å². The minimum atomic E-state index is -1.04. The van der Waals surface area contributed by atoms with Crippen LogP contribution >= 0.6 is 0 Å². The van der Waals surface area contributed by atoms with Crippen molar-refractivity contribution in [2.24, 2.45) is 0 Å². The van der Waals surface area contributed by atoms with Gasteiger partial charge in [-0.2, -0.15) is 0 Å². The number of fused-ring (bicyclic) bond motifs is 2. The van der Waals surface area contributed by atoms with Gasteiger partial charge in [0.2, 0.25) is 23.6 Å². The SMILES string of the molecule is COc1cccc(CC(=O)NC2CC3COc4ccc(F)cc4C(=O)N(C)C(C(=O)NCCN(C)C)CCC(=O)N(C)CC(=O)N3C2)c1. The number of ether oxygens (including phenoxy) is 2. The van der Waals surface area contributed by atoms with E-state index in [1.165, 1.54) is 36.0 Å². The van der Waals surface area contributed by atoms with E-state index >= 15 is 0 Å². The summed E-state index contributed by atoms with van der Waals surface area (Å²) in [7, 11) is 8.21. The van der Waals surface area contributed by atoms with E-state index in [2.05, 4.69) is 10.6 Å². The molecule has 5 amide bonds. The average Bonchev–Trinajstić information content (AvgIpc) is 3.45. The molecular weight excluding hydrogens is 623 g/mol. The molecule has 13 nitrogen and oxygen atoms in total. The first-order chi connectivity index (χ1) is 22.9. The largest absolute Gasteiger partial charge is 0.497 e. The molecule has 4 rings (SSSR count). The lowest BCUT2D eigenvalue weighted by Crippen LogP contribution is -2.49. The minimum Gasteiger partial charge on any atom is -0.497 e. The van der Waals surface area contributed by atoms with E-state index in [-0.39, 0.29) is 68.0 Å². The van der Waals surface area contributed by atoms with Crippen molar-refractivity contribution in [2.45, 2.75) is 43.8 Å². The Morgan fingerprint density at radius 3 is 2.58 bits per heavy atom. The van der Waals surface area contributed by atoms with Gasteiger partial charge >= 0.3 is 0 Å². The van der Waals surface area contributed by atoms with Gasteiger partial charge in [0.15, 0.2) is 0 Å². The second-order valence-corrected chi connectivity index (χ2v) is 12.5. The highest BCUT2D eigenvalue weighted by molar-refractivity contribution is 5.99. The summed E-state index contributed by atoms with van der Waals surface area (Å²) >= 11 is 0. The Morgan fingerprint density at radius 2 is 1.85 bits per heavy atom. The maximum absolute atomic E-state index is 14.5. The van der Waals surface area contributed by atoms with Crippen LogP contribution in [-0.4, -0.2) is 135 Å². The van der Waals surface area contributed by atoms with Gasteiger partial charge in [0.1, 0.15) is 30.0 Å². The lowest BCUT2D eigenvalue weighted by atomic mass is 10.1. The third-order valence-corrected chi connectivity index (χ3v) is 8.58. The van der Waals surface area contributed by atoms with Gasteiger partial charge in [-0.15, -0.1) is 0 Å². The molecule has 2 aromatic carbocycles. The smallest absolute Gasteiger partial charge is 0.258 e.